The van der Waals surface area contributed by atoms with E-state index in [9.17, 15) is 0 Å². The molecule has 0 amide bonds. The molecule has 12 heavy (non-hydrogen) atoms. The van der Waals surface area contributed by atoms with E-state index in [1.165, 1.54) is 6.38 Å². The van der Waals surface area contributed by atoms with Gasteiger partial charge in [-0.3, -0.25) is 0 Å². The highest BCUT2D eigenvalue weighted by atomic mass is 35.5. The smallest absolute Gasteiger partial charge is 0.0420 e. The molecule has 0 saturated carbocycles. The molecule has 4 heteroatoms. The number of benzene rings is 1. The van der Waals surface area contributed by atoms with Gasteiger partial charge in [0.1, 0.15) is 0 Å². The van der Waals surface area contributed by atoms with Gasteiger partial charge in [-0.25, -0.2) is 0 Å². The lowest BCUT2D eigenvalue weighted by Gasteiger charge is -1.86. The van der Waals surface area contributed by atoms with Gasteiger partial charge in [0.25, 0.3) is 0 Å². The van der Waals surface area contributed by atoms with Gasteiger partial charge in [-0.15, -0.1) is 11.6 Å². The molecule has 1 nitrogen and oxygen atoms in total. The molecule has 1 rings (SSSR count). The molecule has 0 spiro atoms. The maximum absolute atomic E-state index is 7.00. The van der Waals surface area contributed by atoms with E-state index < -0.39 is 0 Å². The average Bonchev–Trinajstić information content (AvgIpc) is 2.11. The Morgan fingerprint density at radius 2 is 1.33 bits per heavy atom. The van der Waals surface area contributed by atoms with Crippen molar-refractivity contribution >= 4 is 34.8 Å². The monoisotopic (exact) mass is 228 g/mol. The predicted molar refractivity (Wildman–Crippen MR) is 56.4 cm³/mol. The van der Waals surface area contributed by atoms with Crippen LogP contribution in [0, 0.1) is 0 Å². The Morgan fingerprint density at radius 1 is 1.00 bits per heavy atom. The Morgan fingerprint density at radius 3 is 1.50 bits per heavy atom. The van der Waals surface area contributed by atoms with E-state index in [4.69, 9.17) is 28.3 Å². The van der Waals surface area contributed by atoms with Gasteiger partial charge in [0.05, 0.1) is 0 Å². The van der Waals surface area contributed by atoms with Gasteiger partial charge in [-0.1, -0.05) is 29.3 Å². The number of hydrogen-bond acceptors (Lipinski definition) is 1. The summed E-state index contributed by atoms with van der Waals surface area (Å²) in [5, 5.41) is 8.36. The number of aliphatic hydroxyl groups excluding tert-OH is 1. The van der Waals surface area contributed by atoms with E-state index in [0.717, 1.165) is 7.11 Å². The zero-order valence-electron chi connectivity index (χ0n) is 6.89. The van der Waals surface area contributed by atoms with Crippen LogP contribution in [-0.4, -0.2) is 18.6 Å². The van der Waals surface area contributed by atoms with Crippen LogP contribution >= 0.6 is 34.8 Å². The topological polar surface area (TPSA) is 20.2 Å². The molecule has 0 aliphatic carbocycles. The summed E-state index contributed by atoms with van der Waals surface area (Å²) in [5.74, 6) is 0. The average molecular weight is 230 g/mol. The first-order chi connectivity index (χ1) is 5.79. The van der Waals surface area contributed by atoms with Crippen LogP contribution in [0.1, 0.15) is 0 Å². The van der Waals surface area contributed by atoms with Crippen molar-refractivity contribution in [2.24, 2.45) is 0 Å². The summed E-state index contributed by atoms with van der Waals surface area (Å²) in [7, 11) is 1.00. The summed E-state index contributed by atoms with van der Waals surface area (Å²) in [6, 6.07) is 7.08. The molecular weight excluding hydrogens is 218 g/mol. The third-order valence-electron chi connectivity index (χ3n) is 0.787. The van der Waals surface area contributed by atoms with E-state index in [1.54, 1.807) is 18.2 Å². The first-order valence-corrected chi connectivity index (χ1v) is 4.54. The van der Waals surface area contributed by atoms with Gasteiger partial charge in [-0.05, 0) is 18.2 Å². The lowest BCUT2D eigenvalue weighted by atomic mass is 10.4. The lowest BCUT2D eigenvalue weighted by Crippen LogP contribution is -1.61. The third-order valence-corrected chi connectivity index (χ3v) is 1.26. The maximum Gasteiger partial charge on any atom is 0.0420 e. The molecule has 0 unspecified atom stereocenters. The minimum atomic E-state index is 0.678. The molecule has 0 bridgehead atoms. The summed E-state index contributed by atoms with van der Waals surface area (Å²) in [6.45, 7) is 0. The van der Waals surface area contributed by atoms with Crippen LogP contribution in [0.2, 0.25) is 10.0 Å². The van der Waals surface area contributed by atoms with Crippen molar-refractivity contribution in [2.75, 3.05) is 13.5 Å². The second-order valence-corrected chi connectivity index (χ2v) is 2.31. The van der Waals surface area contributed by atoms with Crippen LogP contribution < -0.4 is 0 Å². The van der Waals surface area contributed by atoms with E-state index in [2.05, 4.69) is 11.6 Å². The van der Waals surface area contributed by atoms with E-state index in [1.807, 2.05) is 6.07 Å². The van der Waals surface area contributed by atoms with Crippen LogP contribution in [-0.2, 0) is 0 Å². The summed E-state index contributed by atoms with van der Waals surface area (Å²) < 4.78 is 0. The second kappa shape index (κ2) is 11.1. The molecule has 0 aliphatic rings. The highest BCUT2D eigenvalue weighted by Gasteiger charge is 1.84. The van der Waals surface area contributed by atoms with Gasteiger partial charge in [0.2, 0.25) is 0 Å². The van der Waals surface area contributed by atoms with Crippen molar-refractivity contribution in [1.29, 1.82) is 0 Å². The molecular formula is C8H11Cl3O. The van der Waals surface area contributed by atoms with Crippen molar-refractivity contribution < 1.29 is 5.11 Å². The Hall–Kier alpha value is 0.0500. The quantitative estimate of drug-likeness (QED) is 0.676. The Kier molecular flexibility index (Phi) is 13.4. The minimum absolute atomic E-state index is 0.678. The minimum Gasteiger partial charge on any atom is -0.400 e. The molecule has 1 aromatic rings. The summed E-state index contributed by atoms with van der Waals surface area (Å²) in [4.78, 5) is 0. The second-order valence-electron chi connectivity index (χ2n) is 1.44. The van der Waals surface area contributed by atoms with E-state index in [0.29, 0.717) is 10.0 Å². The molecule has 1 aromatic carbocycles. The molecule has 0 aliphatic heterocycles. The fourth-order valence-electron chi connectivity index (χ4n) is 0.460. The molecule has 0 atom stereocenters. The Labute approximate surface area is 87.9 Å². The largest absolute Gasteiger partial charge is 0.400 e. The summed E-state index contributed by atoms with van der Waals surface area (Å²) in [5.41, 5.74) is 0. The van der Waals surface area contributed by atoms with Crippen molar-refractivity contribution in [3.8, 4) is 0 Å². The van der Waals surface area contributed by atoms with Crippen LogP contribution in [0.25, 0.3) is 0 Å². The molecule has 0 saturated heterocycles. The Bertz CT molecular complexity index is 174. The van der Waals surface area contributed by atoms with Crippen LogP contribution in [0.4, 0.5) is 0 Å². The normalized spacial score (nSPS) is 7.17. The van der Waals surface area contributed by atoms with Gasteiger partial charge in [0, 0.05) is 23.5 Å². The lowest BCUT2D eigenvalue weighted by molar-refractivity contribution is 0.399. The molecule has 1 N–H and O–H groups in total. The van der Waals surface area contributed by atoms with Crippen LogP contribution in [0.5, 0.6) is 0 Å². The number of hydrogen-bond donors (Lipinski definition) is 1. The zero-order chi connectivity index (χ0) is 9.98. The van der Waals surface area contributed by atoms with E-state index in [-0.39, 0.29) is 0 Å². The van der Waals surface area contributed by atoms with E-state index >= 15 is 0 Å². The van der Waals surface area contributed by atoms with Crippen molar-refractivity contribution in [3.05, 3.63) is 34.3 Å². The number of aliphatic hydroxyl groups is 1. The van der Waals surface area contributed by atoms with Gasteiger partial charge < -0.3 is 5.11 Å². The molecule has 0 aromatic heterocycles. The highest BCUT2D eigenvalue weighted by Crippen LogP contribution is 2.13. The molecule has 70 valence electrons. The predicted octanol–water partition coefficient (Wildman–Crippen LogP) is 3.46. The van der Waals surface area contributed by atoms with Crippen LogP contribution in [0.15, 0.2) is 24.3 Å². The fraction of sp³-hybridized carbons (Fsp3) is 0.250. The third kappa shape index (κ3) is 8.15. The zero-order valence-corrected chi connectivity index (χ0v) is 9.16. The summed E-state index contributed by atoms with van der Waals surface area (Å²) in [6.07, 6.45) is 1.47. The fourth-order valence-corrected chi connectivity index (χ4v) is 0.896. The Balaban J connectivity index is 0. The molecule has 0 fully saturated rings. The SMILES string of the molecule is CCl.CO.Clc1cccc(Cl)c1. The number of alkyl halides is 1. The maximum atomic E-state index is 7.00. The van der Waals surface area contributed by atoms with Crippen LogP contribution in [0.3, 0.4) is 0 Å². The van der Waals surface area contributed by atoms with Gasteiger partial charge >= 0.3 is 0 Å². The number of rotatable bonds is 0. The van der Waals surface area contributed by atoms with Gasteiger partial charge in [0.15, 0.2) is 0 Å². The summed E-state index contributed by atoms with van der Waals surface area (Å²) >= 11 is 15.8. The molecule has 0 heterocycles. The highest BCUT2D eigenvalue weighted by molar-refractivity contribution is 6.34. The van der Waals surface area contributed by atoms with Crippen molar-refractivity contribution in [1.82, 2.24) is 0 Å². The van der Waals surface area contributed by atoms with Gasteiger partial charge in [-0.2, -0.15) is 0 Å². The first kappa shape index (κ1) is 14.6. The van der Waals surface area contributed by atoms with Crippen molar-refractivity contribution in [2.45, 2.75) is 0 Å². The number of halogens is 3. The van der Waals surface area contributed by atoms with Crippen molar-refractivity contribution in [3.63, 3.8) is 0 Å². The molecule has 0 radical (unpaired) electrons. The first-order valence-electron chi connectivity index (χ1n) is 3.02. The standard InChI is InChI=1S/C6H4Cl2.CH3Cl.CH4O/c7-5-2-1-3-6(8)4-5;2*1-2/h1-4H;1H3;2H,1H3.